The van der Waals surface area contributed by atoms with Gasteiger partial charge in [0, 0.05) is 0 Å². The number of esters is 1. The smallest absolute Gasteiger partial charge is 0.350 e. The van der Waals surface area contributed by atoms with Gasteiger partial charge in [0.2, 0.25) is 5.76 Å². The summed E-state index contributed by atoms with van der Waals surface area (Å²) in [5, 5.41) is 0.630. The number of hydrogen-bond donors (Lipinski definition) is 0. The highest BCUT2D eigenvalue weighted by molar-refractivity contribution is 7.17. The average molecular weight is 539 g/mol. The first kappa shape index (κ1) is 24.6. The summed E-state index contributed by atoms with van der Waals surface area (Å²) in [7, 11) is 0. The van der Waals surface area contributed by atoms with Crippen molar-refractivity contribution in [2.45, 2.75) is 19.9 Å². The Balaban J connectivity index is 1.53. The Morgan fingerprint density at radius 3 is 2.54 bits per heavy atom. The van der Waals surface area contributed by atoms with E-state index in [4.69, 9.17) is 13.9 Å². The van der Waals surface area contributed by atoms with Crippen molar-refractivity contribution in [1.29, 1.82) is 0 Å². The molecule has 1 atom stereocenters. The Hall–Kier alpha value is -4.76. The van der Waals surface area contributed by atoms with Crippen LogP contribution in [0.1, 0.15) is 50.0 Å². The van der Waals surface area contributed by atoms with E-state index in [1.165, 1.54) is 4.90 Å². The van der Waals surface area contributed by atoms with Crippen LogP contribution in [0.5, 0.6) is 11.5 Å². The van der Waals surface area contributed by atoms with Crippen LogP contribution in [0, 0.1) is 6.92 Å². The van der Waals surface area contributed by atoms with Crippen LogP contribution in [-0.4, -0.2) is 23.5 Å². The molecule has 0 aliphatic carbocycles. The van der Waals surface area contributed by atoms with Crippen LogP contribution < -0.4 is 15.1 Å². The van der Waals surface area contributed by atoms with Crippen LogP contribution in [0.2, 0.25) is 0 Å². The van der Waals surface area contributed by atoms with Crippen LogP contribution in [0.3, 0.4) is 0 Å². The minimum Gasteiger partial charge on any atom is -0.462 e. The van der Waals surface area contributed by atoms with Crippen LogP contribution in [0.25, 0.3) is 11.0 Å². The van der Waals surface area contributed by atoms with Gasteiger partial charge in [-0.25, -0.2) is 9.78 Å². The van der Waals surface area contributed by atoms with Crippen molar-refractivity contribution in [3.8, 4) is 11.5 Å². The number of nitrogens with zero attached hydrogens (tertiary/aromatic N) is 2. The molecule has 2 aromatic heterocycles. The molecule has 1 amide bonds. The zero-order chi connectivity index (χ0) is 27.1. The summed E-state index contributed by atoms with van der Waals surface area (Å²) in [6.45, 7) is 3.61. The van der Waals surface area contributed by atoms with E-state index in [1.807, 2.05) is 36.4 Å². The Morgan fingerprint density at radius 1 is 1.00 bits per heavy atom. The maximum absolute atomic E-state index is 13.9. The number of hydrogen-bond acceptors (Lipinski definition) is 8. The van der Waals surface area contributed by atoms with Crippen molar-refractivity contribution in [1.82, 2.24) is 4.98 Å². The van der Waals surface area contributed by atoms with Crippen molar-refractivity contribution in [3.63, 3.8) is 0 Å². The van der Waals surface area contributed by atoms with Crippen LogP contribution >= 0.6 is 11.3 Å². The highest BCUT2D eigenvalue weighted by Gasteiger charge is 2.45. The molecule has 0 spiro atoms. The fourth-order valence-electron chi connectivity index (χ4n) is 4.68. The highest BCUT2D eigenvalue weighted by atomic mass is 32.1. The topological polar surface area (TPSA) is 98.9 Å². The molecule has 6 rings (SSSR count). The zero-order valence-electron chi connectivity index (χ0n) is 21.0. The van der Waals surface area contributed by atoms with Gasteiger partial charge in [-0.05, 0) is 55.8 Å². The molecule has 194 valence electrons. The number of anilines is 1. The van der Waals surface area contributed by atoms with Crippen LogP contribution in [0.15, 0.2) is 88.1 Å². The standard InChI is InChI=1S/C30H22N2O6S/c1-3-36-29(35)27-17(2)31-30(39-27)32-24(18-10-9-13-20(16-18)37-19-11-5-4-6-12-19)23-25(33)21-14-7-8-15-22(21)38-26(23)28(32)34/h4-16,24H,3H2,1-2H3/t24-/m0/s1. The Morgan fingerprint density at radius 2 is 1.74 bits per heavy atom. The molecule has 0 fully saturated rings. The number of fused-ring (bicyclic) bond motifs is 2. The normalized spacial score (nSPS) is 14.5. The first-order chi connectivity index (χ1) is 19.0. The molecule has 1 aliphatic rings. The highest BCUT2D eigenvalue weighted by Crippen LogP contribution is 2.44. The molecule has 39 heavy (non-hydrogen) atoms. The summed E-state index contributed by atoms with van der Waals surface area (Å²) in [5.74, 6) is 0.0967. The number of carbonyl (C=O) groups is 2. The second-order valence-corrected chi connectivity index (χ2v) is 9.84. The van der Waals surface area contributed by atoms with Crippen molar-refractivity contribution in [2.24, 2.45) is 0 Å². The third-order valence-electron chi connectivity index (χ3n) is 6.38. The van der Waals surface area contributed by atoms with Gasteiger partial charge in [-0.1, -0.05) is 53.8 Å². The second kappa shape index (κ2) is 9.85. The molecule has 0 N–H and O–H groups in total. The van der Waals surface area contributed by atoms with Gasteiger partial charge in [-0.15, -0.1) is 0 Å². The molecule has 0 radical (unpaired) electrons. The maximum Gasteiger partial charge on any atom is 0.350 e. The monoisotopic (exact) mass is 538 g/mol. The SMILES string of the molecule is CCOC(=O)c1sc(N2C(=O)c3oc4ccccc4c(=O)c3[C@@H]2c2cccc(Oc3ccccc3)c2)nc1C. The Labute approximate surface area is 227 Å². The molecule has 0 unspecified atom stereocenters. The lowest BCUT2D eigenvalue weighted by Crippen LogP contribution is -2.29. The molecule has 0 saturated heterocycles. The average Bonchev–Trinajstić information content (AvgIpc) is 3.47. The molecule has 0 bridgehead atoms. The van der Waals surface area contributed by atoms with Crippen LogP contribution in [0.4, 0.5) is 5.13 Å². The van der Waals surface area contributed by atoms with Gasteiger partial charge in [-0.2, -0.15) is 0 Å². The summed E-state index contributed by atoms with van der Waals surface area (Å²) < 4.78 is 17.2. The lowest BCUT2D eigenvalue weighted by atomic mass is 9.98. The number of ether oxygens (including phenoxy) is 2. The minimum absolute atomic E-state index is 0.0522. The first-order valence-corrected chi connectivity index (χ1v) is 13.1. The lowest BCUT2D eigenvalue weighted by Gasteiger charge is -2.23. The third kappa shape index (κ3) is 4.26. The van der Waals surface area contributed by atoms with Crippen molar-refractivity contribution >= 4 is 39.3 Å². The van der Waals surface area contributed by atoms with E-state index in [-0.39, 0.29) is 28.5 Å². The van der Waals surface area contributed by atoms with E-state index >= 15 is 0 Å². The number of para-hydroxylation sites is 2. The van der Waals surface area contributed by atoms with E-state index in [1.54, 1.807) is 56.3 Å². The van der Waals surface area contributed by atoms with Crippen molar-refractivity contribution in [2.75, 3.05) is 11.5 Å². The second-order valence-electron chi connectivity index (χ2n) is 8.87. The van der Waals surface area contributed by atoms with Gasteiger partial charge in [-0.3, -0.25) is 14.5 Å². The van der Waals surface area contributed by atoms with Crippen LogP contribution in [-0.2, 0) is 4.74 Å². The maximum atomic E-state index is 13.9. The van der Waals surface area contributed by atoms with Gasteiger partial charge in [0.1, 0.15) is 22.0 Å². The fraction of sp³-hybridized carbons (Fsp3) is 0.133. The molecular weight excluding hydrogens is 516 g/mol. The minimum atomic E-state index is -0.853. The van der Waals surface area contributed by atoms with Crippen molar-refractivity contribution < 1.29 is 23.5 Å². The van der Waals surface area contributed by atoms with Gasteiger partial charge < -0.3 is 13.9 Å². The molecule has 1 aliphatic heterocycles. The van der Waals surface area contributed by atoms with E-state index < -0.39 is 17.9 Å². The molecule has 9 heteroatoms. The molecule has 0 saturated carbocycles. The summed E-state index contributed by atoms with van der Waals surface area (Å²) >= 11 is 1.04. The number of carbonyl (C=O) groups excluding carboxylic acids is 2. The third-order valence-corrected chi connectivity index (χ3v) is 7.52. The fourth-order valence-corrected chi connectivity index (χ4v) is 5.66. The van der Waals surface area contributed by atoms with Gasteiger partial charge in [0.25, 0.3) is 5.91 Å². The Kier molecular flexibility index (Phi) is 6.20. The number of amides is 1. The molecule has 5 aromatic rings. The van der Waals surface area contributed by atoms with Gasteiger partial charge in [0.15, 0.2) is 10.6 Å². The number of aromatic nitrogens is 1. The van der Waals surface area contributed by atoms with Gasteiger partial charge in [0.05, 0.1) is 29.3 Å². The van der Waals surface area contributed by atoms with Crippen molar-refractivity contribution in [3.05, 3.63) is 117 Å². The predicted octanol–water partition coefficient (Wildman–Crippen LogP) is 6.28. The largest absolute Gasteiger partial charge is 0.462 e. The van der Waals surface area contributed by atoms with E-state index in [0.29, 0.717) is 38.6 Å². The summed E-state index contributed by atoms with van der Waals surface area (Å²) in [4.78, 5) is 46.5. The number of thiazole rings is 1. The first-order valence-electron chi connectivity index (χ1n) is 12.3. The van der Waals surface area contributed by atoms with E-state index in [2.05, 4.69) is 4.98 Å². The quantitative estimate of drug-likeness (QED) is 0.235. The summed E-state index contributed by atoms with van der Waals surface area (Å²) in [6, 6.07) is 22.5. The predicted molar refractivity (Wildman–Crippen MR) is 147 cm³/mol. The van der Waals surface area contributed by atoms with Gasteiger partial charge >= 0.3 is 5.97 Å². The van der Waals surface area contributed by atoms with E-state index in [0.717, 1.165) is 11.3 Å². The molecule has 8 nitrogen and oxygen atoms in total. The number of rotatable bonds is 6. The molecule has 3 aromatic carbocycles. The molecule has 3 heterocycles. The summed E-state index contributed by atoms with van der Waals surface area (Å²) in [5.41, 5.74) is 1.28. The zero-order valence-corrected chi connectivity index (χ0v) is 21.9. The number of benzene rings is 3. The summed E-state index contributed by atoms with van der Waals surface area (Å²) in [6.07, 6.45) is 0. The molecular formula is C30H22N2O6S. The number of aryl methyl sites for hydroxylation is 1. The van der Waals surface area contributed by atoms with E-state index in [9.17, 15) is 14.4 Å². The Bertz CT molecular complexity index is 1790. The lowest BCUT2D eigenvalue weighted by molar-refractivity contribution is 0.0531.